The van der Waals surface area contributed by atoms with Gasteiger partial charge in [-0.2, -0.15) is 5.10 Å². The van der Waals surface area contributed by atoms with Gasteiger partial charge in [-0.15, -0.1) is 0 Å². The van der Waals surface area contributed by atoms with Gasteiger partial charge in [-0.1, -0.05) is 41.4 Å². The molecule has 0 aliphatic heterocycles. The molecule has 0 radical (unpaired) electrons. The standard InChI is InChI=1S/C15H12Cl2N4/c1-21-15(18)12(9-4-3-7-19-8-9)14(20-21)10-5-2-6-11(16)13(10)17/h2-8H,18H2,1H3. The zero-order chi connectivity index (χ0) is 15.0. The highest BCUT2D eigenvalue weighted by atomic mass is 35.5. The molecule has 0 amide bonds. The maximum absolute atomic E-state index is 6.31. The van der Waals surface area contributed by atoms with Gasteiger partial charge in [0.1, 0.15) is 11.5 Å². The van der Waals surface area contributed by atoms with Gasteiger partial charge in [-0.3, -0.25) is 9.67 Å². The topological polar surface area (TPSA) is 56.7 Å². The number of hydrogen-bond acceptors (Lipinski definition) is 3. The quantitative estimate of drug-likeness (QED) is 0.775. The number of anilines is 1. The number of aromatic nitrogens is 3. The lowest BCUT2D eigenvalue weighted by atomic mass is 10.0. The lowest BCUT2D eigenvalue weighted by Gasteiger charge is -2.06. The van der Waals surface area contributed by atoms with Crippen molar-refractivity contribution in [3.8, 4) is 22.4 Å². The molecule has 0 unspecified atom stereocenters. The fourth-order valence-electron chi connectivity index (χ4n) is 2.21. The molecule has 21 heavy (non-hydrogen) atoms. The predicted octanol–water partition coefficient (Wildman–Crippen LogP) is 4.04. The number of halogens is 2. The van der Waals surface area contributed by atoms with Crippen molar-refractivity contribution in [3.05, 3.63) is 52.8 Å². The highest BCUT2D eigenvalue weighted by molar-refractivity contribution is 6.43. The summed E-state index contributed by atoms with van der Waals surface area (Å²) in [6, 6.07) is 9.23. The van der Waals surface area contributed by atoms with E-state index in [1.54, 1.807) is 30.2 Å². The van der Waals surface area contributed by atoms with Crippen LogP contribution in [0.2, 0.25) is 10.0 Å². The summed E-state index contributed by atoms with van der Waals surface area (Å²) in [7, 11) is 1.79. The van der Waals surface area contributed by atoms with Crippen LogP contribution in [0.4, 0.5) is 5.82 Å². The molecule has 2 heterocycles. The van der Waals surface area contributed by atoms with Gasteiger partial charge in [0.25, 0.3) is 0 Å². The minimum atomic E-state index is 0.461. The third kappa shape index (κ3) is 2.37. The van der Waals surface area contributed by atoms with Crippen molar-refractivity contribution in [2.45, 2.75) is 0 Å². The second-order valence-corrected chi connectivity index (χ2v) is 5.36. The van der Waals surface area contributed by atoms with Gasteiger partial charge in [0, 0.05) is 30.6 Å². The Balaban J connectivity index is 2.30. The van der Waals surface area contributed by atoms with E-state index in [9.17, 15) is 0 Å². The van der Waals surface area contributed by atoms with Crippen LogP contribution in [0, 0.1) is 0 Å². The Hall–Kier alpha value is -2.04. The van der Waals surface area contributed by atoms with E-state index in [1.165, 1.54) is 0 Å². The molecule has 3 aromatic rings. The van der Waals surface area contributed by atoms with Gasteiger partial charge in [-0.05, 0) is 12.1 Å². The number of nitrogens with two attached hydrogens (primary N) is 1. The zero-order valence-corrected chi connectivity index (χ0v) is 12.7. The Kier molecular flexibility index (Phi) is 3.57. The van der Waals surface area contributed by atoms with Crippen molar-refractivity contribution in [1.82, 2.24) is 14.8 Å². The molecule has 106 valence electrons. The highest BCUT2D eigenvalue weighted by Gasteiger charge is 2.20. The maximum atomic E-state index is 6.31. The van der Waals surface area contributed by atoms with Crippen molar-refractivity contribution in [1.29, 1.82) is 0 Å². The van der Waals surface area contributed by atoms with Gasteiger partial charge in [0.05, 0.1) is 15.6 Å². The lowest BCUT2D eigenvalue weighted by molar-refractivity contribution is 0.782. The summed E-state index contributed by atoms with van der Waals surface area (Å²) in [5.41, 5.74) is 9.28. The van der Waals surface area contributed by atoms with E-state index < -0.39 is 0 Å². The molecule has 0 saturated heterocycles. The zero-order valence-electron chi connectivity index (χ0n) is 11.2. The molecule has 1 aromatic carbocycles. The molecule has 3 rings (SSSR count). The second-order valence-electron chi connectivity index (χ2n) is 4.58. The average molecular weight is 319 g/mol. The number of benzene rings is 1. The Bertz CT molecular complexity index is 797. The molecular formula is C15H12Cl2N4. The van der Waals surface area contributed by atoms with Gasteiger partial charge in [0.15, 0.2) is 0 Å². The molecule has 2 N–H and O–H groups in total. The first-order chi connectivity index (χ1) is 10.1. The molecule has 0 saturated carbocycles. The number of nitrogens with zero attached hydrogens (tertiary/aromatic N) is 3. The van der Waals surface area contributed by atoms with Crippen LogP contribution in [-0.4, -0.2) is 14.8 Å². The SMILES string of the molecule is Cn1nc(-c2cccc(Cl)c2Cl)c(-c2cccnc2)c1N. The summed E-state index contributed by atoms with van der Waals surface area (Å²) in [4.78, 5) is 4.13. The van der Waals surface area contributed by atoms with Crippen LogP contribution in [0.25, 0.3) is 22.4 Å². The van der Waals surface area contributed by atoms with E-state index in [0.717, 1.165) is 16.7 Å². The molecule has 0 atom stereocenters. The monoisotopic (exact) mass is 318 g/mol. The molecule has 2 aromatic heterocycles. The van der Waals surface area contributed by atoms with Gasteiger partial charge in [0.2, 0.25) is 0 Å². The lowest BCUT2D eigenvalue weighted by Crippen LogP contribution is -1.98. The summed E-state index contributed by atoms with van der Waals surface area (Å²) >= 11 is 12.4. The van der Waals surface area contributed by atoms with Crippen LogP contribution in [0.15, 0.2) is 42.7 Å². The average Bonchev–Trinajstić information content (AvgIpc) is 2.78. The first-order valence-corrected chi connectivity index (χ1v) is 7.02. The van der Waals surface area contributed by atoms with E-state index >= 15 is 0 Å². The highest BCUT2D eigenvalue weighted by Crippen LogP contribution is 2.40. The Labute approximate surface area is 132 Å². The van der Waals surface area contributed by atoms with Crippen LogP contribution >= 0.6 is 23.2 Å². The fourth-order valence-corrected chi connectivity index (χ4v) is 2.60. The molecular weight excluding hydrogens is 307 g/mol. The van der Waals surface area contributed by atoms with Crippen LogP contribution in [0.5, 0.6) is 0 Å². The maximum Gasteiger partial charge on any atom is 0.129 e. The third-order valence-electron chi connectivity index (χ3n) is 3.25. The van der Waals surface area contributed by atoms with Gasteiger partial charge in [-0.25, -0.2) is 0 Å². The molecule has 0 fully saturated rings. The van der Waals surface area contributed by atoms with Gasteiger partial charge < -0.3 is 5.73 Å². The van der Waals surface area contributed by atoms with Crippen LogP contribution in [-0.2, 0) is 7.05 Å². The van der Waals surface area contributed by atoms with E-state index in [4.69, 9.17) is 28.9 Å². The molecule has 4 nitrogen and oxygen atoms in total. The molecule has 0 aliphatic rings. The number of pyridine rings is 1. The van der Waals surface area contributed by atoms with E-state index in [2.05, 4.69) is 10.1 Å². The van der Waals surface area contributed by atoms with E-state index in [1.807, 2.05) is 24.3 Å². The first kappa shape index (κ1) is 13.9. The summed E-state index contributed by atoms with van der Waals surface area (Å²) in [5, 5.41) is 5.42. The number of hydrogen-bond donors (Lipinski definition) is 1. The van der Waals surface area contributed by atoms with Gasteiger partial charge >= 0.3 is 0 Å². The Morgan fingerprint density at radius 3 is 2.67 bits per heavy atom. The van der Waals surface area contributed by atoms with Crippen molar-refractivity contribution >= 4 is 29.0 Å². The van der Waals surface area contributed by atoms with Crippen LogP contribution in [0.3, 0.4) is 0 Å². The summed E-state index contributed by atoms with van der Waals surface area (Å²) in [5.74, 6) is 0.550. The van der Waals surface area contributed by atoms with E-state index in [-0.39, 0.29) is 0 Å². The molecule has 0 spiro atoms. The Morgan fingerprint density at radius 2 is 1.95 bits per heavy atom. The summed E-state index contributed by atoms with van der Waals surface area (Å²) < 4.78 is 1.62. The number of aryl methyl sites for hydroxylation is 1. The van der Waals surface area contributed by atoms with Crippen molar-refractivity contribution in [2.75, 3.05) is 5.73 Å². The predicted molar refractivity (Wildman–Crippen MR) is 86.3 cm³/mol. The normalized spacial score (nSPS) is 10.8. The van der Waals surface area contributed by atoms with Crippen LogP contribution < -0.4 is 5.73 Å². The largest absolute Gasteiger partial charge is 0.383 e. The van der Waals surface area contributed by atoms with Crippen molar-refractivity contribution < 1.29 is 0 Å². The number of nitrogen functional groups attached to an aromatic ring is 1. The molecule has 6 heteroatoms. The van der Waals surface area contributed by atoms with E-state index in [0.29, 0.717) is 21.6 Å². The minimum absolute atomic E-state index is 0.461. The Morgan fingerprint density at radius 1 is 1.14 bits per heavy atom. The van der Waals surface area contributed by atoms with Crippen molar-refractivity contribution in [2.24, 2.45) is 7.05 Å². The molecule has 0 aliphatic carbocycles. The van der Waals surface area contributed by atoms with Crippen LogP contribution in [0.1, 0.15) is 0 Å². The fraction of sp³-hybridized carbons (Fsp3) is 0.0667. The number of rotatable bonds is 2. The summed E-state index contributed by atoms with van der Waals surface area (Å²) in [6.45, 7) is 0. The third-order valence-corrected chi connectivity index (χ3v) is 4.07. The minimum Gasteiger partial charge on any atom is -0.383 e. The smallest absolute Gasteiger partial charge is 0.129 e. The van der Waals surface area contributed by atoms with Crippen molar-refractivity contribution in [3.63, 3.8) is 0 Å². The molecule has 0 bridgehead atoms. The second kappa shape index (κ2) is 5.39. The summed E-state index contributed by atoms with van der Waals surface area (Å²) in [6.07, 6.45) is 3.46. The first-order valence-electron chi connectivity index (χ1n) is 6.27.